The second-order valence-corrected chi connectivity index (χ2v) is 3.28. The lowest BCUT2D eigenvalue weighted by atomic mass is 10.6. The smallest absolute Gasteiger partial charge is 0.218 e. The van der Waals surface area contributed by atoms with Crippen molar-refractivity contribution in [1.29, 1.82) is 0 Å². The quantitative estimate of drug-likeness (QED) is 0.603. The highest BCUT2D eigenvalue weighted by Crippen LogP contribution is 2.20. The second kappa shape index (κ2) is 5.88. The van der Waals surface area contributed by atoms with Gasteiger partial charge in [-0.2, -0.15) is 9.97 Å². The van der Waals surface area contributed by atoms with Crippen molar-refractivity contribution in [3.8, 4) is 11.8 Å². The first-order valence-corrected chi connectivity index (χ1v) is 4.60. The summed E-state index contributed by atoms with van der Waals surface area (Å²) in [5.41, 5.74) is 0. The Labute approximate surface area is 86.8 Å². The Morgan fingerprint density at radius 1 is 1.31 bits per heavy atom. The Balaban J connectivity index is 0.00000144. The Morgan fingerprint density at radius 3 is 2.31 bits per heavy atom. The van der Waals surface area contributed by atoms with Crippen LogP contribution in [0.4, 0.5) is 0 Å². The van der Waals surface area contributed by atoms with E-state index in [0.29, 0.717) is 5.16 Å². The summed E-state index contributed by atoms with van der Waals surface area (Å²) in [6.07, 6.45) is 1.00. The van der Waals surface area contributed by atoms with Crippen LogP contribution in [0.25, 0.3) is 0 Å². The molecule has 74 valence electrons. The number of aromatic hydroxyl groups is 2. The highest BCUT2D eigenvalue weighted by Gasteiger charge is 2.01. The zero-order chi connectivity index (χ0) is 8.97. The third-order valence-corrected chi connectivity index (χ3v) is 2.17. The van der Waals surface area contributed by atoms with Crippen LogP contribution in [-0.4, -0.2) is 25.9 Å². The SMILES string of the molecule is CCCSc1nc(O)cc(O)n1.Cl. The molecule has 0 aliphatic carbocycles. The van der Waals surface area contributed by atoms with E-state index in [-0.39, 0.29) is 24.2 Å². The molecule has 0 aromatic carbocycles. The van der Waals surface area contributed by atoms with E-state index in [0.717, 1.165) is 18.2 Å². The maximum atomic E-state index is 8.97. The van der Waals surface area contributed by atoms with Crippen molar-refractivity contribution in [3.05, 3.63) is 6.07 Å². The Morgan fingerprint density at radius 2 is 1.85 bits per heavy atom. The monoisotopic (exact) mass is 222 g/mol. The van der Waals surface area contributed by atoms with Gasteiger partial charge < -0.3 is 10.2 Å². The maximum Gasteiger partial charge on any atom is 0.218 e. The van der Waals surface area contributed by atoms with Gasteiger partial charge in [-0.1, -0.05) is 18.7 Å². The normalized spacial score (nSPS) is 9.31. The Kier molecular flexibility index (Phi) is 5.57. The molecule has 0 aliphatic rings. The predicted octanol–water partition coefficient (Wildman–Crippen LogP) is 1.81. The summed E-state index contributed by atoms with van der Waals surface area (Å²) in [5, 5.41) is 18.3. The fourth-order valence-electron chi connectivity index (χ4n) is 0.659. The summed E-state index contributed by atoms with van der Waals surface area (Å²) in [6.45, 7) is 2.04. The van der Waals surface area contributed by atoms with Gasteiger partial charge in [0.1, 0.15) is 0 Å². The molecule has 2 N–H and O–H groups in total. The molecule has 13 heavy (non-hydrogen) atoms. The average molecular weight is 223 g/mol. The van der Waals surface area contributed by atoms with E-state index in [9.17, 15) is 0 Å². The fourth-order valence-corrected chi connectivity index (χ4v) is 1.36. The molecule has 0 atom stereocenters. The Hall–Kier alpha value is -0.680. The maximum absolute atomic E-state index is 8.97. The van der Waals surface area contributed by atoms with Gasteiger partial charge in [0.05, 0.1) is 6.07 Å². The van der Waals surface area contributed by atoms with E-state index in [1.54, 1.807) is 0 Å². The second-order valence-electron chi connectivity index (χ2n) is 2.22. The largest absolute Gasteiger partial charge is 0.493 e. The average Bonchev–Trinajstić information content (AvgIpc) is 1.99. The lowest BCUT2D eigenvalue weighted by molar-refractivity contribution is 0.411. The van der Waals surface area contributed by atoms with Gasteiger partial charge in [-0.05, 0) is 6.42 Å². The molecule has 1 aromatic rings. The number of hydrogen-bond acceptors (Lipinski definition) is 5. The van der Waals surface area contributed by atoms with E-state index < -0.39 is 0 Å². The molecule has 0 saturated carbocycles. The van der Waals surface area contributed by atoms with E-state index in [4.69, 9.17) is 10.2 Å². The third-order valence-electron chi connectivity index (χ3n) is 1.11. The molecule has 1 heterocycles. The van der Waals surface area contributed by atoms with E-state index >= 15 is 0 Å². The molecular weight excluding hydrogens is 212 g/mol. The van der Waals surface area contributed by atoms with Gasteiger partial charge >= 0.3 is 0 Å². The lowest BCUT2D eigenvalue weighted by Crippen LogP contribution is -1.87. The molecule has 0 radical (unpaired) electrons. The van der Waals surface area contributed by atoms with E-state index in [1.165, 1.54) is 11.8 Å². The first-order valence-electron chi connectivity index (χ1n) is 3.62. The standard InChI is InChI=1S/C7H10N2O2S.ClH/c1-2-3-12-7-8-5(10)4-6(11)9-7;/h4H,2-3H2,1H3,(H2,8,9,10,11);1H. The van der Waals surface area contributed by atoms with Crippen LogP contribution in [0.1, 0.15) is 13.3 Å². The van der Waals surface area contributed by atoms with Crippen LogP contribution in [0.3, 0.4) is 0 Å². The number of thioether (sulfide) groups is 1. The molecule has 1 rings (SSSR count). The fraction of sp³-hybridized carbons (Fsp3) is 0.429. The third kappa shape index (κ3) is 4.19. The minimum absolute atomic E-state index is 0. The predicted molar refractivity (Wildman–Crippen MR) is 53.6 cm³/mol. The van der Waals surface area contributed by atoms with Gasteiger partial charge in [0, 0.05) is 5.75 Å². The number of nitrogens with zero attached hydrogens (tertiary/aromatic N) is 2. The van der Waals surface area contributed by atoms with Gasteiger partial charge in [-0.15, -0.1) is 12.4 Å². The van der Waals surface area contributed by atoms with Crippen molar-refractivity contribution < 1.29 is 10.2 Å². The van der Waals surface area contributed by atoms with Crippen molar-refractivity contribution in [2.45, 2.75) is 18.5 Å². The molecule has 0 unspecified atom stereocenters. The molecule has 6 heteroatoms. The first-order chi connectivity index (χ1) is 5.72. The van der Waals surface area contributed by atoms with Gasteiger partial charge in [-0.3, -0.25) is 0 Å². The van der Waals surface area contributed by atoms with Crippen LogP contribution in [-0.2, 0) is 0 Å². The minimum atomic E-state index is -0.193. The zero-order valence-corrected chi connectivity index (χ0v) is 8.73. The van der Waals surface area contributed by atoms with Crippen molar-refractivity contribution in [3.63, 3.8) is 0 Å². The Bertz CT molecular complexity index is 252. The summed E-state index contributed by atoms with van der Waals surface area (Å²) >= 11 is 1.41. The van der Waals surface area contributed by atoms with Crippen molar-refractivity contribution in [2.75, 3.05) is 5.75 Å². The summed E-state index contributed by atoms with van der Waals surface area (Å²) in [7, 11) is 0. The number of hydrogen-bond donors (Lipinski definition) is 2. The first kappa shape index (κ1) is 12.3. The molecule has 0 aliphatic heterocycles. The van der Waals surface area contributed by atoms with Crippen molar-refractivity contribution in [2.24, 2.45) is 0 Å². The summed E-state index contributed by atoms with van der Waals surface area (Å²) in [6, 6.07) is 1.11. The molecular formula is C7H11ClN2O2S. The highest BCUT2D eigenvalue weighted by molar-refractivity contribution is 7.99. The van der Waals surface area contributed by atoms with Crippen LogP contribution in [0.5, 0.6) is 11.8 Å². The molecule has 0 saturated heterocycles. The number of halogens is 1. The van der Waals surface area contributed by atoms with Crippen LogP contribution in [0.2, 0.25) is 0 Å². The molecule has 1 aromatic heterocycles. The van der Waals surface area contributed by atoms with Crippen LogP contribution in [0.15, 0.2) is 11.2 Å². The van der Waals surface area contributed by atoms with E-state index in [2.05, 4.69) is 9.97 Å². The summed E-state index contributed by atoms with van der Waals surface area (Å²) < 4.78 is 0. The van der Waals surface area contributed by atoms with E-state index in [1.807, 2.05) is 6.92 Å². The summed E-state index contributed by atoms with van der Waals surface area (Å²) in [5.74, 6) is 0.491. The van der Waals surface area contributed by atoms with Crippen molar-refractivity contribution in [1.82, 2.24) is 9.97 Å². The van der Waals surface area contributed by atoms with Crippen LogP contribution >= 0.6 is 24.2 Å². The van der Waals surface area contributed by atoms with Crippen LogP contribution < -0.4 is 0 Å². The van der Waals surface area contributed by atoms with Crippen molar-refractivity contribution >= 4 is 24.2 Å². The van der Waals surface area contributed by atoms with Gasteiger partial charge in [0.2, 0.25) is 11.8 Å². The van der Waals surface area contributed by atoms with Gasteiger partial charge in [0.25, 0.3) is 0 Å². The molecule has 0 fully saturated rings. The molecule has 0 spiro atoms. The van der Waals surface area contributed by atoms with Gasteiger partial charge in [0.15, 0.2) is 5.16 Å². The number of aromatic nitrogens is 2. The lowest BCUT2D eigenvalue weighted by Gasteiger charge is -1.98. The number of rotatable bonds is 3. The molecule has 0 bridgehead atoms. The van der Waals surface area contributed by atoms with Crippen LogP contribution in [0, 0.1) is 0 Å². The van der Waals surface area contributed by atoms with Gasteiger partial charge in [-0.25, -0.2) is 0 Å². The highest BCUT2D eigenvalue weighted by atomic mass is 35.5. The molecule has 4 nitrogen and oxygen atoms in total. The zero-order valence-electron chi connectivity index (χ0n) is 7.10. The summed E-state index contributed by atoms with van der Waals surface area (Å²) in [4.78, 5) is 7.44. The topological polar surface area (TPSA) is 66.2 Å². The molecule has 0 amide bonds. The minimum Gasteiger partial charge on any atom is -0.493 e.